The van der Waals surface area contributed by atoms with E-state index in [1.807, 2.05) is 0 Å². The molecule has 0 aliphatic carbocycles. The molecule has 33 heavy (non-hydrogen) atoms. The third-order valence-electron chi connectivity index (χ3n) is 4.49. The SMILES string of the molecule is CCC(C)(C(=O)OCC(F)(F)C(F)(F)CC(F)(F)C(F)(F)C(F)(F)CC(F)(F)F)C(F)(F)F. The fourth-order valence-electron chi connectivity index (χ4n) is 2.03. The second kappa shape index (κ2) is 8.85. The van der Waals surface area contributed by atoms with Crippen molar-refractivity contribution < 1.29 is 79.8 Å². The molecular formula is C15H14F16O2. The van der Waals surface area contributed by atoms with E-state index >= 15 is 0 Å². The van der Waals surface area contributed by atoms with Gasteiger partial charge in [-0.3, -0.25) is 4.79 Å². The maximum Gasteiger partial charge on any atom is 0.404 e. The van der Waals surface area contributed by atoms with Gasteiger partial charge in [0.05, 0.1) is 6.42 Å². The van der Waals surface area contributed by atoms with Crippen LogP contribution in [-0.2, 0) is 9.53 Å². The number of rotatable bonds is 10. The number of alkyl halides is 16. The Morgan fingerprint density at radius 3 is 1.36 bits per heavy atom. The highest BCUT2D eigenvalue weighted by atomic mass is 19.4. The monoisotopic (exact) mass is 530 g/mol. The van der Waals surface area contributed by atoms with Crippen LogP contribution >= 0.6 is 0 Å². The van der Waals surface area contributed by atoms with Crippen LogP contribution in [0.15, 0.2) is 0 Å². The zero-order chi connectivity index (χ0) is 27.1. The smallest absolute Gasteiger partial charge is 0.404 e. The molecule has 0 radical (unpaired) electrons. The first-order valence-corrected chi connectivity index (χ1v) is 8.30. The number of halogens is 16. The van der Waals surface area contributed by atoms with Crippen LogP contribution in [0.25, 0.3) is 0 Å². The molecule has 0 aliphatic heterocycles. The summed E-state index contributed by atoms with van der Waals surface area (Å²) in [6, 6.07) is 0. The van der Waals surface area contributed by atoms with Crippen molar-refractivity contribution in [1.29, 1.82) is 0 Å². The average Bonchev–Trinajstić information content (AvgIpc) is 2.54. The molecular weight excluding hydrogens is 516 g/mol. The first-order chi connectivity index (χ1) is 14.1. The number of carbonyl (C=O) groups is 1. The van der Waals surface area contributed by atoms with E-state index < -0.39 is 79.2 Å². The van der Waals surface area contributed by atoms with Gasteiger partial charge in [-0.1, -0.05) is 6.92 Å². The second-order valence-corrected chi connectivity index (χ2v) is 7.12. The van der Waals surface area contributed by atoms with Crippen LogP contribution in [0.1, 0.15) is 33.1 Å². The van der Waals surface area contributed by atoms with E-state index in [1.54, 1.807) is 0 Å². The Bertz CT molecular complexity index is 693. The van der Waals surface area contributed by atoms with E-state index in [1.165, 1.54) is 0 Å². The van der Waals surface area contributed by atoms with Crippen LogP contribution in [0.2, 0.25) is 0 Å². The lowest BCUT2D eigenvalue weighted by atomic mass is 9.87. The minimum atomic E-state index is -7.22. The molecule has 0 aromatic heterocycles. The Labute approximate surface area is 174 Å². The van der Waals surface area contributed by atoms with Gasteiger partial charge in [0, 0.05) is 0 Å². The Kier molecular flexibility index (Phi) is 8.41. The zero-order valence-electron chi connectivity index (χ0n) is 16.2. The van der Waals surface area contributed by atoms with Gasteiger partial charge < -0.3 is 4.74 Å². The molecule has 2 nitrogen and oxygen atoms in total. The van der Waals surface area contributed by atoms with E-state index in [9.17, 15) is 75.0 Å². The summed E-state index contributed by atoms with van der Waals surface area (Å²) in [6.45, 7) is -2.28. The molecule has 0 spiro atoms. The molecule has 0 N–H and O–H groups in total. The van der Waals surface area contributed by atoms with Crippen molar-refractivity contribution in [2.24, 2.45) is 5.41 Å². The molecule has 0 rings (SSSR count). The summed E-state index contributed by atoms with van der Waals surface area (Å²) < 4.78 is 211. The van der Waals surface area contributed by atoms with Gasteiger partial charge in [0.1, 0.15) is 6.42 Å². The third kappa shape index (κ3) is 6.48. The normalized spacial score (nSPS) is 17.0. The minimum absolute atomic E-state index is 0.100. The van der Waals surface area contributed by atoms with E-state index in [0.29, 0.717) is 6.92 Å². The standard InChI is InChI=1S/C15H14F16O2/c1-3-8(2,15(29,30)31)7(32)33-6-12(22,23)9(16,17)4-10(18,19)14(27,28)11(20,21)5-13(24,25)26/h3-6H2,1-2H3. The summed E-state index contributed by atoms with van der Waals surface area (Å²) in [5.41, 5.74) is -3.53. The maximum absolute atomic E-state index is 13.6. The highest BCUT2D eigenvalue weighted by molar-refractivity contribution is 5.77. The topological polar surface area (TPSA) is 26.3 Å². The lowest BCUT2D eigenvalue weighted by Gasteiger charge is -2.36. The van der Waals surface area contributed by atoms with Gasteiger partial charge in [-0.15, -0.1) is 0 Å². The predicted molar refractivity (Wildman–Crippen MR) is 75.4 cm³/mol. The second-order valence-electron chi connectivity index (χ2n) is 7.12. The minimum Gasteiger partial charge on any atom is -0.458 e. The first kappa shape index (κ1) is 31.4. The molecule has 0 amide bonds. The summed E-state index contributed by atoms with van der Waals surface area (Å²) in [7, 11) is 0. The van der Waals surface area contributed by atoms with Gasteiger partial charge in [-0.2, -0.15) is 70.2 Å². The molecule has 0 saturated carbocycles. The van der Waals surface area contributed by atoms with Gasteiger partial charge in [0.2, 0.25) is 0 Å². The van der Waals surface area contributed by atoms with Crippen LogP contribution in [0, 0.1) is 5.41 Å². The molecule has 0 aliphatic rings. The average molecular weight is 530 g/mol. The summed E-state index contributed by atoms with van der Waals surface area (Å²) >= 11 is 0. The summed E-state index contributed by atoms with van der Waals surface area (Å²) in [6.07, 6.45) is -20.9. The summed E-state index contributed by atoms with van der Waals surface area (Å²) in [4.78, 5) is 11.4. The fraction of sp³-hybridized carbons (Fsp3) is 0.933. The number of esters is 1. The van der Waals surface area contributed by atoms with E-state index in [-0.39, 0.29) is 6.92 Å². The van der Waals surface area contributed by atoms with Gasteiger partial charge in [-0.25, -0.2) is 0 Å². The molecule has 0 heterocycles. The van der Waals surface area contributed by atoms with Crippen molar-refractivity contribution in [2.75, 3.05) is 6.61 Å². The van der Waals surface area contributed by atoms with Gasteiger partial charge in [0.25, 0.3) is 0 Å². The van der Waals surface area contributed by atoms with Crippen molar-refractivity contribution in [3.8, 4) is 0 Å². The fourth-order valence-corrected chi connectivity index (χ4v) is 2.03. The van der Waals surface area contributed by atoms with Crippen LogP contribution in [0.3, 0.4) is 0 Å². The van der Waals surface area contributed by atoms with Crippen molar-refractivity contribution in [2.45, 2.75) is 75.1 Å². The molecule has 0 aromatic rings. The molecule has 0 bridgehead atoms. The highest BCUT2D eigenvalue weighted by Gasteiger charge is 2.76. The van der Waals surface area contributed by atoms with Gasteiger partial charge >= 0.3 is 47.9 Å². The van der Waals surface area contributed by atoms with Gasteiger partial charge in [0.15, 0.2) is 12.0 Å². The van der Waals surface area contributed by atoms with Gasteiger partial charge in [-0.05, 0) is 13.3 Å². The Morgan fingerprint density at radius 2 is 1.03 bits per heavy atom. The van der Waals surface area contributed by atoms with Crippen LogP contribution in [0.4, 0.5) is 70.2 Å². The van der Waals surface area contributed by atoms with Crippen molar-refractivity contribution in [3.63, 3.8) is 0 Å². The van der Waals surface area contributed by atoms with Crippen LogP contribution in [-0.4, -0.2) is 54.5 Å². The lowest BCUT2D eigenvalue weighted by molar-refractivity contribution is -0.351. The van der Waals surface area contributed by atoms with E-state index in [4.69, 9.17) is 0 Å². The third-order valence-corrected chi connectivity index (χ3v) is 4.49. The molecule has 0 fully saturated rings. The molecule has 18 heteroatoms. The Balaban J connectivity index is 5.76. The number of hydrogen-bond donors (Lipinski definition) is 0. The van der Waals surface area contributed by atoms with E-state index in [2.05, 4.69) is 4.74 Å². The van der Waals surface area contributed by atoms with Crippen molar-refractivity contribution in [3.05, 3.63) is 0 Å². The van der Waals surface area contributed by atoms with Crippen molar-refractivity contribution in [1.82, 2.24) is 0 Å². The first-order valence-electron chi connectivity index (χ1n) is 8.30. The van der Waals surface area contributed by atoms with Crippen molar-refractivity contribution >= 4 is 5.97 Å². The number of ether oxygens (including phenoxy) is 1. The summed E-state index contributed by atoms with van der Waals surface area (Å²) in [5, 5.41) is 0. The zero-order valence-corrected chi connectivity index (χ0v) is 16.2. The van der Waals surface area contributed by atoms with Crippen LogP contribution < -0.4 is 0 Å². The molecule has 1 atom stereocenters. The lowest BCUT2D eigenvalue weighted by Crippen LogP contribution is -2.59. The van der Waals surface area contributed by atoms with Crippen LogP contribution in [0.5, 0.6) is 0 Å². The highest BCUT2D eigenvalue weighted by Crippen LogP contribution is 2.55. The Morgan fingerprint density at radius 1 is 0.636 bits per heavy atom. The Hall–Kier alpha value is -1.65. The molecule has 1 unspecified atom stereocenters. The number of hydrogen-bond acceptors (Lipinski definition) is 2. The predicted octanol–water partition coefficient (Wildman–Crippen LogP) is 7.03. The molecule has 0 saturated heterocycles. The molecule has 0 aromatic carbocycles. The quantitative estimate of drug-likeness (QED) is 0.224. The van der Waals surface area contributed by atoms with E-state index in [0.717, 1.165) is 0 Å². The summed E-state index contributed by atoms with van der Waals surface area (Å²) in [5.74, 6) is -36.0. The number of carbonyl (C=O) groups excluding carboxylic acids is 1. The molecule has 198 valence electrons. The maximum atomic E-state index is 13.6. The largest absolute Gasteiger partial charge is 0.458 e.